The predicted octanol–water partition coefficient (Wildman–Crippen LogP) is 0.836. The van der Waals surface area contributed by atoms with E-state index in [2.05, 4.69) is 16.6 Å². The Hall–Kier alpha value is -2.41. The molecule has 0 atom stereocenters. The van der Waals surface area contributed by atoms with Crippen molar-refractivity contribution in [2.45, 2.75) is 0 Å². The largest absolute Gasteiger partial charge is 0.459 e. The van der Waals surface area contributed by atoms with E-state index in [1.807, 2.05) is 0 Å². The maximum absolute atomic E-state index is 10.8. The van der Waals surface area contributed by atoms with Crippen LogP contribution in [0.2, 0.25) is 0 Å². The van der Waals surface area contributed by atoms with Crippen LogP contribution in [0.5, 0.6) is 0 Å². The van der Waals surface area contributed by atoms with Crippen molar-refractivity contribution >= 4 is 18.5 Å². The molecule has 80 valence electrons. The summed E-state index contributed by atoms with van der Waals surface area (Å²) in [6.45, 7) is 0. The minimum atomic E-state index is -0.724. The van der Waals surface area contributed by atoms with E-state index in [-0.39, 0.29) is 16.7 Å². The van der Waals surface area contributed by atoms with Crippen molar-refractivity contribution in [3.63, 3.8) is 0 Å². The highest BCUT2D eigenvalue weighted by atomic mass is 16.5. The maximum atomic E-state index is 10.8. The molecule has 0 aromatic heterocycles. The number of rotatable bonds is 2. The van der Waals surface area contributed by atoms with Crippen molar-refractivity contribution in [3.05, 3.63) is 34.9 Å². The van der Waals surface area contributed by atoms with Crippen LogP contribution in [-0.2, 0) is 9.53 Å². The zero-order valence-electron chi connectivity index (χ0n) is 8.52. The molecule has 4 heteroatoms. The Kier molecular flexibility index (Phi) is 3.98. The third kappa shape index (κ3) is 2.55. The van der Waals surface area contributed by atoms with Crippen LogP contribution >= 0.6 is 0 Å². The third-order valence-electron chi connectivity index (χ3n) is 1.86. The van der Waals surface area contributed by atoms with Crippen molar-refractivity contribution in [2.75, 3.05) is 7.11 Å². The summed E-state index contributed by atoms with van der Waals surface area (Å²) in [5.41, 5.74) is 0.764. The highest BCUT2D eigenvalue weighted by molar-refractivity contribution is 5.93. The van der Waals surface area contributed by atoms with Crippen molar-refractivity contribution in [1.82, 2.24) is 0 Å². The second kappa shape index (κ2) is 5.47. The van der Waals surface area contributed by atoms with E-state index in [0.717, 1.165) is 0 Å². The molecule has 1 aromatic rings. The molecule has 0 unspecified atom stereocenters. The Labute approximate surface area is 92.2 Å². The minimum absolute atomic E-state index is 0.234. The van der Waals surface area contributed by atoms with Gasteiger partial charge in [-0.2, -0.15) is 0 Å². The van der Waals surface area contributed by atoms with Gasteiger partial charge in [-0.3, -0.25) is 9.59 Å². The van der Waals surface area contributed by atoms with Gasteiger partial charge in [0.2, 0.25) is 0 Å². The van der Waals surface area contributed by atoms with Gasteiger partial charge in [0.1, 0.15) is 0 Å². The summed E-state index contributed by atoms with van der Waals surface area (Å²) in [7, 11) is 1.20. The lowest BCUT2D eigenvalue weighted by Crippen LogP contribution is -1.97. The number of aldehydes is 2. The Bertz CT molecular complexity index is 465. The van der Waals surface area contributed by atoms with Gasteiger partial charge < -0.3 is 4.74 Å². The van der Waals surface area contributed by atoms with E-state index in [4.69, 9.17) is 0 Å². The third-order valence-corrected chi connectivity index (χ3v) is 1.86. The maximum Gasteiger partial charge on any atom is 0.384 e. The molecule has 0 spiro atoms. The lowest BCUT2D eigenvalue weighted by molar-refractivity contribution is -0.133. The number of benzene rings is 1. The van der Waals surface area contributed by atoms with E-state index in [0.29, 0.717) is 12.6 Å². The number of carbonyl (C=O) groups excluding carboxylic acids is 3. The van der Waals surface area contributed by atoms with Crippen LogP contribution in [0, 0.1) is 11.8 Å². The lowest BCUT2D eigenvalue weighted by Gasteiger charge is -1.99. The van der Waals surface area contributed by atoms with Gasteiger partial charge in [0.05, 0.1) is 7.11 Å². The average Bonchev–Trinajstić information content (AvgIpc) is 2.35. The molecule has 0 bridgehead atoms. The number of hydrogen-bond acceptors (Lipinski definition) is 4. The predicted molar refractivity (Wildman–Crippen MR) is 56.1 cm³/mol. The smallest absolute Gasteiger partial charge is 0.384 e. The number of carbonyl (C=O) groups is 3. The topological polar surface area (TPSA) is 60.4 Å². The summed E-state index contributed by atoms with van der Waals surface area (Å²) in [6, 6.07) is 4.60. The first-order valence-electron chi connectivity index (χ1n) is 4.36. The number of methoxy groups -OCH3 is 1. The van der Waals surface area contributed by atoms with E-state index in [1.54, 1.807) is 6.07 Å². The molecule has 4 nitrogen and oxygen atoms in total. The van der Waals surface area contributed by atoms with Crippen LogP contribution in [0.15, 0.2) is 18.2 Å². The molecule has 16 heavy (non-hydrogen) atoms. The standard InChI is InChI=1S/C12H8O4/c1-16-12(15)6-5-11-9(7-13)3-2-4-10(11)8-14/h2-4,7-8H,1H3. The number of hydrogen-bond donors (Lipinski definition) is 0. The van der Waals surface area contributed by atoms with Crippen LogP contribution in [0.25, 0.3) is 0 Å². The fourth-order valence-electron chi connectivity index (χ4n) is 1.09. The molecule has 0 heterocycles. The molecule has 0 aliphatic carbocycles. The summed E-state index contributed by atoms with van der Waals surface area (Å²) in [5.74, 6) is 3.89. The molecule has 0 aliphatic rings. The van der Waals surface area contributed by atoms with E-state index in [9.17, 15) is 14.4 Å². The first kappa shape index (κ1) is 11.7. The van der Waals surface area contributed by atoms with Gasteiger partial charge in [-0.25, -0.2) is 4.79 Å². The van der Waals surface area contributed by atoms with Gasteiger partial charge >= 0.3 is 5.97 Å². The molecule has 0 radical (unpaired) electrons. The molecule has 0 fully saturated rings. The van der Waals surface area contributed by atoms with Gasteiger partial charge in [0.15, 0.2) is 12.6 Å². The normalized spacial score (nSPS) is 8.56. The highest BCUT2D eigenvalue weighted by Crippen LogP contribution is 2.10. The molecule has 0 amide bonds. The summed E-state index contributed by atoms with van der Waals surface area (Å²) in [6.07, 6.45) is 1.16. The summed E-state index contributed by atoms with van der Waals surface area (Å²) in [5, 5.41) is 0. The summed E-state index contributed by atoms with van der Waals surface area (Å²) >= 11 is 0. The van der Waals surface area contributed by atoms with Crippen LogP contribution < -0.4 is 0 Å². The quantitative estimate of drug-likeness (QED) is 0.417. The molecular formula is C12H8O4. The SMILES string of the molecule is COC(=O)C#Cc1c(C=O)cccc1C=O. The lowest BCUT2D eigenvalue weighted by atomic mass is 10.0. The minimum Gasteiger partial charge on any atom is -0.459 e. The van der Waals surface area contributed by atoms with Gasteiger partial charge in [0, 0.05) is 22.6 Å². The second-order valence-corrected chi connectivity index (χ2v) is 2.79. The number of esters is 1. The van der Waals surface area contributed by atoms with Crippen LogP contribution in [0.1, 0.15) is 26.3 Å². The van der Waals surface area contributed by atoms with E-state index >= 15 is 0 Å². The molecule has 0 N–H and O–H groups in total. The fraction of sp³-hybridized carbons (Fsp3) is 0.0833. The van der Waals surface area contributed by atoms with Gasteiger partial charge in [-0.1, -0.05) is 24.1 Å². The zero-order chi connectivity index (χ0) is 12.0. The monoisotopic (exact) mass is 216 g/mol. The van der Waals surface area contributed by atoms with Gasteiger partial charge in [-0.15, -0.1) is 0 Å². The van der Waals surface area contributed by atoms with Gasteiger partial charge in [-0.05, 0) is 0 Å². The van der Waals surface area contributed by atoms with Crippen molar-refractivity contribution in [3.8, 4) is 11.8 Å². The first-order valence-corrected chi connectivity index (χ1v) is 4.36. The van der Waals surface area contributed by atoms with E-state index in [1.165, 1.54) is 19.2 Å². The van der Waals surface area contributed by atoms with Crippen molar-refractivity contribution in [1.29, 1.82) is 0 Å². The molecule has 1 rings (SSSR count). The van der Waals surface area contributed by atoms with Crippen LogP contribution in [0.4, 0.5) is 0 Å². The molecule has 0 aliphatic heterocycles. The molecular weight excluding hydrogens is 208 g/mol. The van der Waals surface area contributed by atoms with Crippen molar-refractivity contribution in [2.24, 2.45) is 0 Å². The fourth-order valence-corrected chi connectivity index (χ4v) is 1.09. The molecule has 0 saturated carbocycles. The Balaban J connectivity index is 3.27. The summed E-state index contributed by atoms with van der Waals surface area (Å²) < 4.78 is 4.33. The average molecular weight is 216 g/mol. The Morgan fingerprint density at radius 1 is 1.25 bits per heavy atom. The number of ether oxygens (including phenoxy) is 1. The van der Waals surface area contributed by atoms with Crippen LogP contribution in [0.3, 0.4) is 0 Å². The second-order valence-electron chi connectivity index (χ2n) is 2.79. The van der Waals surface area contributed by atoms with Crippen LogP contribution in [-0.4, -0.2) is 25.7 Å². The molecule has 0 saturated heterocycles. The highest BCUT2D eigenvalue weighted by Gasteiger charge is 2.04. The Morgan fingerprint density at radius 2 is 1.81 bits per heavy atom. The van der Waals surface area contributed by atoms with Crippen molar-refractivity contribution < 1.29 is 19.1 Å². The van der Waals surface area contributed by atoms with E-state index < -0.39 is 5.97 Å². The van der Waals surface area contributed by atoms with Gasteiger partial charge in [0.25, 0.3) is 0 Å². The summed E-state index contributed by atoms with van der Waals surface area (Å²) in [4.78, 5) is 32.2. The molecule has 1 aromatic carbocycles. The first-order chi connectivity index (χ1) is 7.72. The zero-order valence-corrected chi connectivity index (χ0v) is 8.52. The Morgan fingerprint density at radius 3 is 2.25 bits per heavy atom.